The van der Waals surface area contributed by atoms with Crippen LogP contribution in [-0.4, -0.2) is 140 Å². The van der Waals surface area contributed by atoms with E-state index in [1.54, 1.807) is 39.2 Å². The summed E-state index contributed by atoms with van der Waals surface area (Å²) in [6.45, 7) is 2.12. The molecule has 0 bridgehead atoms. The molecule has 1 saturated heterocycles. The molecular weight excluding hydrogens is 725 g/mol. The number of pyridine rings is 2. The smallest absolute Gasteiger partial charge is 0.480 e. The molecule has 3 heterocycles. The normalized spacial score (nSPS) is 21.1. The van der Waals surface area contributed by atoms with E-state index in [9.17, 15) is 34.8 Å². The fourth-order valence-corrected chi connectivity index (χ4v) is 5.32. The van der Waals surface area contributed by atoms with E-state index >= 15 is 0 Å². The minimum atomic E-state index is -1.00. The van der Waals surface area contributed by atoms with Crippen molar-refractivity contribution in [2.75, 3.05) is 72.0 Å². The molecule has 1 fully saturated rings. The van der Waals surface area contributed by atoms with Crippen LogP contribution in [0, 0.1) is 39.9 Å². The van der Waals surface area contributed by atoms with Gasteiger partial charge >= 0.3 is 74.6 Å². The minimum Gasteiger partial charge on any atom is -0.480 e. The first-order chi connectivity index (χ1) is 18.7. The number of hydrogen-bond acceptors (Lipinski definition) is 10. The molecule has 221 valence electrons. The third kappa shape index (κ3) is 9.68. The number of aliphatic hydroxyl groups excluding tert-OH is 1. The fourth-order valence-electron chi connectivity index (χ4n) is 5.32. The number of nitrogens with zero attached hydrogens (tertiary/aromatic N) is 6. The van der Waals surface area contributed by atoms with Crippen LogP contribution in [0.2, 0.25) is 0 Å². The van der Waals surface area contributed by atoms with Gasteiger partial charge in [-0.3, -0.25) is 44.0 Å². The van der Waals surface area contributed by atoms with Crippen LogP contribution in [0.15, 0.2) is 36.7 Å². The number of aliphatic hydroxyl groups is 1. The van der Waals surface area contributed by atoms with E-state index < -0.39 is 30.1 Å². The molecule has 2 unspecified atom stereocenters. The molecule has 0 amide bonds. The standard InChI is InChI=1S/C26H34N6O7.Co.Gd/c33-20(34)15-29-7-9-30(16-21(35)36)11-13-32(14-12-31(10-8-29)17-22(37)38)25-18-3-1-5-27-23(18)24-19(26(25)39)4-2-6-28-24;;/h1-6,25-26,39H,7-17H2,(H,33,34)(H,35,36)(H,37,38);;/q;2*+3. The Kier molecular flexibility index (Phi) is 14.6. The Hall–Kier alpha value is -1.66. The van der Waals surface area contributed by atoms with Crippen molar-refractivity contribution in [1.29, 1.82) is 0 Å². The number of rotatable bonds is 7. The number of carboxylic acid groups (broad SMARTS) is 3. The van der Waals surface area contributed by atoms with Crippen LogP contribution < -0.4 is 0 Å². The van der Waals surface area contributed by atoms with E-state index in [0.717, 1.165) is 5.56 Å². The Bertz CT molecular complexity index is 1160. The van der Waals surface area contributed by atoms with Crippen molar-refractivity contribution in [1.82, 2.24) is 29.6 Å². The molecule has 0 spiro atoms. The molecule has 13 nitrogen and oxygen atoms in total. The summed E-state index contributed by atoms with van der Waals surface area (Å²) in [5, 5.41) is 39.9. The van der Waals surface area contributed by atoms with Gasteiger partial charge in [0.2, 0.25) is 0 Å². The summed E-state index contributed by atoms with van der Waals surface area (Å²) in [6, 6.07) is 6.77. The summed E-state index contributed by atoms with van der Waals surface area (Å²) in [7, 11) is 0. The van der Waals surface area contributed by atoms with Crippen LogP contribution >= 0.6 is 0 Å². The molecule has 1 radical (unpaired) electrons. The van der Waals surface area contributed by atoms with E-state index in [0.29, 0.717) is 69.3 Å². The summed E-state index contributed by atoms with van der Waals surface area (Å²) in [6.07, 6.45) is 2.40. The SMILES string of the molecule is O=C(O)CN1CCN(CC(=O)O)CCN(C2c3cccnc3-c3ncccc3C2O)CCN(CC(=O)O)CC1.[Co+3].[Gd+3]. The largest absolute Gasteiger partial charge is 3.00 e. The molecule has 2 aromatic heterocycles. The number of fused-ring (bicyclic) bond motifs is 3. The Morgan fingerprint density at radius 1 is 0.683 bits per heavy atom. The van der Waals surface area contributed by atoms with Gasteiger partial charge < -0.3 is 20.4 Å². The quantitative estimate of drug-likeness (QED) is 0.291. The van der Waals surface area contributed by atoms with Gasteiger partial charge in [0.15, 0.2) is 0 Å². The van der Waals surface area contributed by atoms with Crippen molar-refractivity contribution in [2.45, 2.75) is 12.1 Å². The van der Waals surface area contributed by atoms with Gasteiger partial charge in [-0.1, -0.05) is 12.1 Å². The fraction of sp³-hybridized carbons (Fsp3) is 0.500. The van der Waals surface area contributed by atoms with E-state index in [1.165, 1.54) is 0 Å². The number of carboxylic acids is 3. The molecule has 1 aliphatic carbocycles. The van der Waals surface area contributed by atoms with Crippen LogP contribution in [0.3, 0.4) is 0 Å². The Balaban J connectivity index is 0.00000294. The van der Waals surface area contributed by atoms with Crippen LogP contribution in [-0.2, 0) is 31.2 Å². The molecular formula is C26H34CoGdN6O7+6. The van der Waals surface area contributed by atoms with Crippen LogP contribution in [0.4, 0.5) is 0 Å². The van der Waals surface area contributed by atoms with Gasteiger partial charge in [-0.15, -0.1) is 0 Å². The predicted molar refractivity (Wildman–Crippen MR) is 139 cm³/mol. The second-order valence-corrected chi connectivity index (χ2v) is 9.82. The summed E-state index contributed by atoms with van der Waals surface area (Å²) in [5.74, 6) is -2.98. The molecule has 41 heavy (non-hydrogen) atoms. The second-order valence-electron chi connectivity index (χ2n) is 9.82. The molecule has 0 saturated carbocycles. The number of carbonyl (C=O) groups is 3. The Morgan fingerprint density at radius 2 is 1.05 bits per heavy atom. The molecule has 4 N–H and O–H groups in total. The molecule has 4 rings (SSSR count). The van der Waals surface area contributed by atoms with Crippen molar-refractivity contribution >= 4 is 17.9 Å². The number of hydrogen-bond donors (Lipinski definition) is 4. The minimum absolute atomic E-state index is 0. The monoisotopic (exact) mass is 759 g/mol. The maximum absolute atomic E-state index is 11.6. The molecule has 0 aromatic carbocycles. The maximum Gasteiger partial charge on any atom is 3.00 e. The zero-order valence-electron chi connectivity index (χ0n) is 22.3. The zero-order valence-corrected chi connectivity index (χ0v) is 25.6. The first-order valence-corrected chi connectivity index (χ1v) is 12.9. The topological polar surface area (TPSA) is 171 Å². The summed E-state index contributed by atoms with van der Waals surface area (Å²) >= 11 is 0. The molecule has 2 aliphatic rings. The maximum atomic E-state index is 11.6. The summed E-state index contributed by atoms with van der Waals surface area (Å²) in [4.78, 5) is 50.9. The first-order valence-electron chi connectivity index (χ1n) is 12.9. The van der Waals surface area contributed by atoms with E-state index in [4.69, 9.17) is 0 Å². The van der Waals surface area contributed by atoms with E-state index in [1.807, 2.05) is 12.1 Å². The van der Waals surface area contributed by atoms with Crippen molar-refractivity contribution in [2.24, 2.45) is 0 Å². The van der Waals surface area contributed by atoms with E-state index in [-0.39, 0.29) is 76.4 Å². The predicted octanol–water partition coefficient (Wildman–Crippen LogP) is -0.295. The van der Waals surface area contributed by atoms with Crippen LogP contribution in [0.1, 0.15) is 23.3 Å². The van der Waals surface area contributed by atoms with Gasteiger partial charge in [0.1, 0.15) is 6.10 Å². The van der Waals surface area contributed by atoms with Crippen molar-refractivity contribution in [3.05, 3.63) is 47.8 Å². The number of aromatic nitrogens is 2. The average molecular weight is 759 g/mol. The molecule has 15 heteroatoms. The second kappa shape index (κ2) is 16.8. The summed E-state index contributed by atoms with van der Waals surface area (Å²) < 4.78 is 0. The van der Waals surface area contributed by atoms with E-state index in [2.05, 4.69) is 14.9 Å². The van der Waals surface area contributed by atoms with Gasteiger partial charge in [0, 0.05) is 75.9 Å². The molecule has 1 aliphatic heterocycles. The third-order valence-corrected chi connectivity index (χ3v) is 7.18. The van der Waals surface area contributed by atoms with Crippen molar-refractivity contribution in [3.8, 4) is 11.4 Å². The van der Waals surface area contributed by atoms with Gasteiger partial charge in [0.25, 0.3) is 0 Å². The van der Waals surface area contributed by atoms with Gasteiger partial charge in [-0.2, -0.15) is 0 Å². The van der Waals surface area contributed by atoms with Crippen molar-refractivity contribution < 1.29 is 91.5 Å². The average Bonchev–Trinajstić information content (AvgIpc) is 2.89. The Labute approximate surface area is 280 Å². The van der Waals surface area contributed by atoms with Crippen LogP contribution in [0.5, 0.6) is 0 Å². The first kappa shape index (κ1) is 35.5. The van der Waals surface area contributed by atoms with Gasteiger partial charge in [-0.05, 0) is 12.1 Å². The zero-order chi connectivity index (χ0) is 27.9. The Morgan fingerprint density at radius 3 is 1.46 bits per heavy atom. The molecule has 2 aromatic rings. The van der Waals surface area contributed by atoms with Crippen LogP contribution in [0.25, 0.3) is 11.4 Å². The molecule has 2 atom stereocenters. The van der Waals surface area contributed by atoms with Gasteiger partial charge in [0.05, 0.1) is 37.1 Å². The third-order valence-electron chi connectivity index (χ3n) is 7.18. The summed E-state index contributed by atoms with van der Waals surface area (Å²) in [5.41, 5.74) is 2.73. The van der Waals surface area contributed by atoms with Crippen molar-refractivity contribution in [3.63, 3.8) is 0 Å². The number of aliphatic carboxylic acids is 3. The van der Waals surface area contributed by atoms with Gasteiger partial charge in [-0.25, -0.2) is 0 Å².